The normalized spacial score (nSPS) is 15.1. The van der Waals surface area contributed by atoms with Gasteiger partial charge in [0.1, 0.15) is 23.1 Å². The molecule has 0 saturated carbocycles. The van der Waals surface area contributed by atoms with Gasteiger partial charge in [0.2, 0.25) is 0 Å². The molecule has 1 amide bonds. The minimum absolute atomic E-state index is 0.0362. The molecule has 1 fully saturated rings. The summed E-state index contributed by atoms with van der Waals surface area (Å²) in [5.74, 6) is -1.22. The minimum Gasteiger partial charge on any atom is -0.457 e. The van der Waals surface area contributed by atoms with Gasteiger partial charge in [-0.3, -0.25) is 9.69 Å². The van der Waals surface area contributed by atoms with E-state index >= 15 is 0 Å². The second kappa shape index (κ2) is 10.8. The number of nitrogens with one attached hydrogen (secondary N) is 1. The van der Waals surface area contributed by atoms with Crippen LogP contribution in [0.2, 0.25) is 5.02 Å². The molecule has 10 heteroatoms. The Labute approximate surface area is 209 Å². The number of ether oxygens (including phenoxy) is 1. The molecule has 36 heavy (non-hydrogen) atoms. The number of halogens is 6. The predicted octanol–water partition coefficient (Wildman–Crippen LogP) is 6.82. The summed E-state index contributed by atoms with van der Waals surface area (Å²) < 4.78 is 72.4. The molecule has 1 N–H and O–H groups in total. The first-order valence-electron chi connectivity index (χ1n) is 11.2. The number of carbonyl (C=O) groups excluding carboxylic acids is 1. The largest absolute Gasteiger partial charge is 0.457 e. The van der Waals surface area contributed by atoms with Crippen LogP contribution in [0.5, 0.6) is 11.5 Å². The van der Waals surface area contributed by atoms with Crippen LogP contribution in [0.1, 0.15) is 34.3 Å². The first-order chi connectivity index (χ1) is 17.1. The van der Waals surface area contributed by atoms with Crippen LogP contribution in [-0.2, 0) is 12.7 Å². The van der Waals surface area contributed by atoms with E-state index in [4.69, 9.17) is 16.3 Å². The summed E-state index contributed by atoms with van der Waals surface area (Å²) >= 11 is 5.62. The Morgan fingerprint density at radius 2 is 1.58 bits per heavy atom. The second-order valence-electron chi connectivity index (χ2n) is 8.49. The first-order valence-corrected chi connectivity index (χ1v) is 11.6. The fourth-order valence-electron chi connectivity index (χ4n) is 4.01. The molecule has 0 aliphatic carbocycles. The molecule has 4 nitrogen and oxygen atoms in total. The zero-order valence-electron chi connectivity index (χ0n) is 18.9. The minimum atomic E-state index is -4.61. The maximum absolute atomic E-state index is 13.9. The van der Waals surface area contributed by atoms with Crippen LogP contribution in [0, 0.1) is 11.6 Å². The van der Waals surface area contributed by atoms with Crippen molar-refractivity contribution >= 4 is 17.5 Å². The average Bonchev–Trinajstić information content (AvgIpc) is 2.83. The van der Waals surface area contributed by atoms with Crippen LogP contribution < -0.4 is 10.1 Å². The molecule has 3 aromatic rings. The number of hydrogen-bond acceptors (Lipinski definition) is 3. The van der Waals surface area contributed by atoms with Crippen molar-refractivity contribution in [1.29, 1.82) is 0 Å². The van der Waals surface area contributed by atoms with Gasteiger partial charge in [-0.25, -0.2) is 8.78 Å². The zero-order chi connectivity index (χ0) is 25.9. The molecule has 1 aliphatic rings. The maximum Gasteiger partial charge on any atom is 0.417 e. The van der Waals surface area contributed by atoms with Crippen LogP contribution in [0.25, 0.3) is 0 Å². The van der Waals surface area contributed by atoms with Crippen LogP contribution in [0.4, 0.5) is 22.0 Å². The van der Waals surface area contributed by atoms with E-state index in [1.165, 1.54) is 48.5 Å². The van der Waals surface area contributed by atoms with E-state index in [0.717, 1.165) is 12.1 Å². The zero-order valence-corrected chi connectivity index (χ0v) is 19.7. The predicted molar refractivity (Wildman–Crippen MR) is 125 cm³/mol. The van der Waals surface area contributed by atoms with Crippen molar-refractivity contribution in [2.45, 2.75) is 31.6 Å². The van der Waals surface area contributed by atoms with Gasteiger partial charge in [0.15, 0.2) is 0 Å². The van der Waals surface area contributed by atoms with Gasteiger partial charge in [-0.1, -0.05) is 17.7 Å². The second-order valence-corrected chi connectivity index (χ2v) is 8.90. The SMILES string of the molecule is O=C(NC1CCN(Cc2c(F)cccc2F)CC1)c1ccc(Oc2ccc(Cl)c(C(F)(F)F)c2)cc1. The molecule has 0 unspecified atom stereocenters. The third kappa shape index (κ3) is 6.33. The third-order valence-corrected chi connectivity index (χ3v) is 6.29. The summed E-state index contributed by atoms with van der Waals surface area (Å²) in [6.07, 6.45) is -3.36. The number of likely N-dealkylation sites (tertiary alicyclic amines) is 1. The van der Waals surface area contributed by atoms with Gasteiger partial charge in [-0.05, 0) is 67.4 Å². The van der Waals surface area contributed by atoms with Gasteiger partial charge < -0.3 is 10.1 Å². The number of amides is 1. The fourth-order valence-corrected chi connectivity index (χ4v) is 4.23. The van der Waals surface area contributed by atoms with Gasteiger partial charge in [0.25, 0.3) is 5.91 Å². The first kappa shape index (κ1) is 25.9. The molecule has 1 saturated heterocycles. The maximum atomic E-state index is 13.9. The summed E-state index contributed by atoms with van der Waals surface area (Å²) in [6.45, 7) is 1.32. The number of hydrogen-bond donors (Lipinski definition) is 1. The van der Waals surface area contributed by atoms with E-state index in [9.17, 15) is 26.7 Å². The lowest BCUT2D eigenvalue weighted by Crippen LogP contribution is -2.44. The van der Waals surface area contributed by atoms with E-state index in [2.05, 4.69) is 5.32 Å². The van der Waals surface area contributed by atoms with Crippen LogP contribution in [-0.4, -0.2) is 29.9 Å². The lowest BCUT2D eigenvalue weighted by atomic mass is 10.0. The monoisotopic (exact) mass is 524 g/mol. The molecule has 1 aliphatic heterocycles. The molecular weight excluding hydrogens is 503 g/mol. The van der Waals surface area contributed by atoms with Gasteiger partial charge in [0.05, 0.1) is 10.6 Å². The number of carbonyl (C=O) groups is 1. The van der Waals surface area contributed by atoms with E-state index in [1.54, 1.807) is 0 Å². The van der Waals surface area contributed by atoms with Crippen molar-refractivity contribution < 1.29 is 31.5 Å². The lowest BCUT2D eigenvalue weighted by molar-refractivity contribution is -0.137. The molecular formula is C26H22ClF5N2O2. The highest BCUT2D eigenvalue weighted by atomic mass is 35.5. The van der Waals surface area contributed by atoms with Crippen LogP contribution in [0.15, 0.2) is 60.7 Å². The van der Waals surface area contributed by atoms with E-state index in [1.807, 2.05) is 4.90 Å². The molecule has 0 atom stereocenters. The molecule has 190 valence electrons. The van der Waals surface area contributed by atoms with Gasteiger partial charge in [-0.2, -0.15) is 13.2 Å². The highest BCUT2D eigenvalue weighted by Gasteiger charge is 2.33. The number of piperidine rings is 1. The number of rotatable bonds is 6. The fraction of sp³-hybridized carbons (Fsp3) is 0.269. The van der Waals surface area contributed by atoms with Gasteiger partial charge >= 0.3 is 6.18 Å². The molecule has 0 bridgehead atoms. The molecule has 3 aromatic carbocycles. The Morgan fingerprint density at radius 1 is 0.972 bits per heavy atom. The van der Waals surface area contributed by atoms with Crippen molar-refractivity contribution in [3.8, 4) is 11.5 Å². The number of alkyl halides is 3. The molecule has 4 rings (SSSR count). The quantitative estimate of drug-likeness (QED) is 0.360. The summed E-state index contributed by atoms with van der Waals surface area (Å²) in [5, 5.41) is 2.52. The average molecular weight is 525 g/mol. The Hall–Kier alpha value is -3.17. The van der Waals surface area contributed by atoms with E-state index < -0.39 is 28.4 Å². The van der Waals surface area contributed by atoms with Gasteiger partial charge in [0, 0.05) is 36.8 Å². The Bertz CT molecular complexity index is 1210. The van der Waals surface area contributed by atoms with Crippen molar-refractivity contribution in [3.63, 3.8) is 0 Å². The topological polar surface area (TPSA) is 41.6 Å². The summed E-state index contributed by atoms with van der Waals surface area (Å²) in [4.78, 5) is 14.6. The highest BCUT2D eigenvalue weighted by molar-refractivity contribution is 6.31. The van der Waals surface area contributed by atoms with Crippen molar-refractivity contribution in [2.24, 2.45) is 0 Å². The number of nitrogens with zero attached hydrogens (tertiary/aromatic N) is 1. The molecule has 0 aromatic heterocycles. The Kier molecular flexibility index (Phi) is 7.80. The van der Waals surface area contributed by atoms with Crippen LogP contribution in [0.3, 0.4) is 0 Å². The number of benzene rings is 3. The Balaban J connectivity index is 1.30. The standard InChI is InChI=1S/C26H22ClF5N2O2/c27-22-9-8-19(14-21(22)26(30,31)32)36-18-6-4-16(5-7-18)25(35)33-17-10-12-34(13-11-17)15-20-23(28)2-1-3-24(20)29/h1-9,14,17H,10-13,15H2,(H,33,35). The summed E-state index contributed by atoms with van der Waals surface area (Å²) in [7, 11) is 0. The van der Waals surface area contributed by atoms with Crippen LogP contribution >= 0.6 is 11.6 Å². The van der Waals surface area contributed by atoms with Crippen molar-refractivity contribution in [3.05, 3.63) is 94.0 Å². The van der Waals surface area contributed by atoms with E-state index in [0.29, 0.717) is 31.5 Å². The molecule has 0 spiro atoms. The van der Waals surface area contributed by atoms with E-state index in [-0.39, 0.29) is 35.6 Å². The van der Waals surface area contributed by atoms with Crippen molar-refractivity contribution in [1.82, 2.24) is 10.2 Å². The van der Waals surface area contributed by atoms with Crippen molar-refractivity contribution in [2.75, 3.05) is 13.1 Å². The highest BCUT2D eigenvalue weighted by Crippen LogP contribution is 2.37. The third-order valence-electron chi connectivity index (χ3n) is 5.96. The molecule has 0 radical (unpaired) electrons. The Morgan fingerprint density at radius 3 is 2.19 bits per heavy atom. The summed E-state index contributed by atoms with van der Waals surface area (Å²) in [5.41, 5.74) is -0.594. The molecule has 1 heterocycles. The summed E-state index contributed by atoms with van der Waals surface area (Å²) in [6, 6.07) is 13.0. The smallest absolute Gasteiger partial charge is 0.417 e. The lowest BCUT2D eigenvalue weighted by Gasteiger charge is -2.32. The van der Waals surface area contributed by atoms with Gasteiger partial charge in [-0.15, -0.1) is 0 Å².